The third kappa shape index (κ3) is 2.85. The smallest absolute Gasteiger partial charge is 0.345 e. The van der Waals surface area contributed by atoms with E-state index in [1.54, 1.807) is 0 Å². The summed E-state index contributed by atoms with van der Waals surface area (Å²) in [4.78, 5) is 31.5. The molecule has 0 spiro atoms. The van der Waals surface area contributed by atoms with Crippen LogP contribution in [-0.2, 0) is 10.4 Å². The van der Waals surface area contributed by atoms with Gasteiger partial charge in [0.05, 0.1) is 9.85 Å². The van der Waals surface area contributed by atoms with Crippen molar-refractivity contribution in [3.63, 3.8) is 0 Å². The van der Waals surface area contributed by atoms with Gasteiger partial charge in [-0.3, -0.25) is 20.2 Å². The molecule has 0 atom stereocenters. The predicted molar refractivity (Wildman–Crippen MR) is 76.8 cm³/mol. The van der Waals surface area contributed by atoms with Crippen molar-refractivity contribution in [2.45, 2.75) is 5.60 Å². The molecule has 0 heterocycles. The molecule has 2 aromatic rings. The van der Waals surface area contributed by atoms with E-state index in [4.69, 9.17) is 0 Å². The molecule has 9 nitrogen and oxygen atoms in total. The molecule has 0 fully saturated rings. The highest BCUT2D eigenvalue weighted by molar-refractivity contribution is 5.83. The van der Waals surface area contributed by atoms with E-state index in [1.165, 1.54) is 0 Å². The summed E-state index contributed by atoms with van der Waals surface area (Å²) in [5, 5.41) is 41.2. The van der Waals surface area contributed by atoms with Crippen molar-refractivity contribution in [3.8, 4) is 0 Å². The molecular weight excluding hydrogens is 308 g/mol. The number of aliphatic carboxylic acids is 1. The summed E-state index contributed by atoms with van der Waals surface area (Å²) in [6.07, 6.45) is 0. The molecule has 0 amide bonds. The topological polar surface area (TPSA) is 144 Å². The Morgan fingerprint density at radius 2 is 1.13 bits per heavy atom. The normalized spacial score (nSPS) is 11.0. The van der Waals surface area contributed by atoms with Crippen LogP contribution in [0.15, 0.2) is 48.5 Å². The summed E-state index contributed by atoms with van der Waals surface area (Å²) in [5.41, 5.74) is -3.21. The molecule has 118 valence electrons. The van der Waals surface area contributed by atoms with Gasteiger partial charge in [0, 0.05) is 24.3 Å². The highest BCUT2D eigenvalue weighted by atomic mass is 16.6. The number of nitrogens with zero attached hydrogens (tertiary/aromatic N) is 2. The first-order valence-electron chi connectivity index (χ1n) is 6.22. The van der Waals surface area contributed by atoms with Gasteiger partial charge < -0.3 is 10.2 Å². The van der Waals surface area contributed by atoms with Gasteiger partial charge in [-0.05, 0) is 35.4 Å². The molecule has 23 heavy (non-hydrogen) atoms. The summed E-state index contributed by atoms with van der Waals surface area (Å²) in [6.45, 7) is 0. The fourth-order valence-electron chi connectivity index (χ4n) is 2.06. The quantitative estimate of drug-likeness (QED) is 0.632. The molecule has 0 aliphatic heterocycles. The molecule has 9 heteroatoms. The Labute approximate surface area is 128 Å². The van der Waals surface area contributed by atoms with Crippen LogP contribution >= 0.6 is 0 Å². The van der Waals surface area contributed by atoms with E-state index in [2.05, 4.69) is 0 Å². The van der Waals surface area contributed by atoms with Gasteiger partial charge in [-0.15, -0.1) is 0 Å². The second kappa shape index (κ2) is 5.81. The van der Waals surface area contributed by atoms with Gasteiger partial charge in [-0.2, -0.15) is 0 Å². The molecule has 0 bridgehead atoms. The number of carboxylic acids is 1. The molecule has 0 aliphatic carbocycles. The molecule has 2 N–H and O–H groups in total. The highest BCUT2D eigenvalue weighted by Gasteiger charge is 2.40. The van der Waals surface area contributed by atoms with Crippen molar-refractivity contribution in [2.24, 2.45) is 0 Å². The zero-order valence-electron chi connectivity index (χ0n) is 11.4. The first kappa shape index (κ1) is 16.0. The lowest BCUT2D eigenvalue weighted by molar-refractivity contribution is -0.385. The summed E-state index contributed by atoms with van der Waals surface area (Å²) >= 11 is 0. The zero-order valence-corrected chi connectivity index (χ0v) is 11.4. The van der Waals surface area contributed by atoms with Crippen LogP contribution in [0.1, 0.15) is 11.1 Å². The van der Waals surface area contributed by atoms with E-state index in [1.807, 2.05) is 0 Å². The number of non-ortho nitro benzene ring substituents is 2. The largest absolute Gasteiger partial charge is 0.479 e. The van der Waals surface area contributed by atoms with Gasteiger partial charge in [0.15, 0.2) is 0 Å². The van der Waals surface area contributed by atoms with Crippen LogP contribution in [-0.4, -0.2) is 26.0 Å². The van der Waals surface area contributed by atoms with Gasteiger partial charge in [0.1, 0.15) is 0 Å². The Morgan fingerprint density at radius 1 is 0.826 bits per heavy atom. The van der Waals surface area contributed by atoms with E-state index >= 15 is 0 Å². The summed E-state index contributed by atoms with van der Waals surface area (Å²) in [6, 6.07) is 8.73. The lowest BCUT2D eigenvalue weighted by Crippen LogP contribution is -2.36. The number of carbonyl (C=O) groups is 1. The summed E-state index contributed by atoms with van der Waals surface area (Å²) in [5.74, 6) is -1.61. The summed E-state index contributed by atoms with van der Waals surface area (Å²) in [7, 11) is 0. The minimum atomic E-state index is -2.48. The second-order valence-electron chi connectivity index (χ2n) is 4.62. The first-order valence-corrected chi connectivity index (χ1v) is 6.22. The molecular formula is C14H10N2O7. The fourth-order valence-corrected chi connectivity index (χ4v) is 2.06. The maximum atomic E-state index is 11.5. The Bertz CT molecular complexity index is 711. The number of rotatable bonds is 5. The minimum Gasteiger partial charge on any atom is -0.479 e. The van der Waals surface area contributed by atoms with E-state index in [0.29, 0.717) is 0 Å². The fraction of sp³-hybridized carbons (Fsp3) is 0.0714. The van der Waals surface area contributed by atoms with Crippen LogP contribution in [0.2, 0.25) is 0 Å². The molecule has 0 saturated carbocycles. The number of nitro benzene ring substituents is 2. The van der Waals surface area contributed by atoms with Crippen molar-refractivity contribution in [2.75, 3.05) is 0 Å². The molecule has 2 rings (SSSR count). The Balaban J connectivity index is 2.52. The minimum absolute atomic E-state index is 0.107. The maximum absolute atomic E-state index is 11.5. The predicted octanol–water partition coefficient (Wildman–Crippen LogP) is 1.82. The average molecular weight is 318 g/mol. The average Bonchev–Trinajstić information content (AvgIpc) is 2.54. The van der Waals surface area contributed by atoms with E-state index < -0.39 is 21.4 Å². The van der Waals surface area contributed by atoms with Gasteiger partial charge >= 0.3 is 5.97 Å². The van der Waals surface area contributed by atoms with Gasteiger partial charge in [0.2, 0.25) is 5.60 Å². The van der Waals surface area contributed by atoms with Crippen molar-refractivity contribution >= 4 is 17.3 Å². The lowest BCUT2D eigenvalue weighted by Gasteiger charge is -2.24. The number of hydrogen-bond acceptors (Lipinski definition) is 6. The number of hydrogen-bond donors (Lipinski definition) is 2. The van der Waals surface area contributed by atoms with Crippen LogP contribution in [0.3, 0.4) is 0 Å². The number of carboxylic acid groups (broad SMARTS) is 1. The molecule has 0 aliphatic rings. The molecule has 0 radical (unpaired) electrons. The number of aliphatic hydroxyl groups is 1. The Morgan fingerprint density at radius 3 is 1.35 bits per heavy atom. The zero-order chi connectivity index (χ0) is 17.2. The number of benzene rings is 2. The van der Waals surface area contributed by atoms with Gasteiger partial charge in [-0.25, -0.2) is 4.79 Å². The third-order valence-electron chi connectivity index (χ3n) is 3.30. The molecule has 2 aromatic carbocycles. The maximum Gasteiger partial charge on any atom is 0.345 e. The van der Waals surface area contributed by atoms with Crippen molar-refractivity contribution in [1.29, 1.82) is 0 Å². The highest BCUT2D eigenvalue weighted by Crippen LogP contribution is 2.32. The van der Waals surface area contributed by atoms with Crippen molar-refractivity contribution in [3.05, 3.63) is 79.9 Å². The van der Waals surface area contributed by atoms with Gasteiger partial charge in [-0.1, -0.05) is 0 Å². The third-order valence-corrected chi connectivity index (χ3v) is 3.30. The lowest BCUT2D eigenvalue weighted by atomic mass is 9.86. The van der Waals surface area contributed by atoms with E-state index in [9.17, 15) is 35.2 Å². The van der Waals surface area contributed by atoms with Crippen LogP contribution in [0.25, 0.3) is 0 Å². The van der Waals surface area contributed by atoms with Crippen molar-refractivity contribution in [1.82, 2.24) is 0 Å². The van der Waals surface area contributed by atoms with E-state index in [0.717, 1.165) is 48.5 Å². The van der Waals surface area contributed by atoms with E-state index in [-0.39, 0.29) is 22.5 Å². The van der Waals surface area contributed by atoms with Crippen LogP contribution in [0.4, 0.5) is 11.4 Å². The molecule has 0 saturated heterocycles. The van der Waals surface area contributed by atoms with Crippen LogP contribution in [0.5, 0.6) is 0 Å². The van der Waals surface area contributed by atoms with Crippen LogP contribution in [0, 0.1) is 20.2 Å². The first-order chi connectivity index (χ1) is 10.8. The standard InChI is InChI=1S/C14H10N2O7/c17-13(18)14(19,9-1-5-11(6-2-9)15(20)21)10-3-7-12(8-4-10)16(22)23/h1-8,19H,(H,17,18). The summed E-state index contributed by atoms with van der Waals surface area (Å²) < 4.78 is 0. The van der Waals surface area contributed by atoms with Gasteiger partial charge in [0.25, 0.3) is 11.4 Å². The molecule has 0 aromatic heterocycles. The SMILES string of the molecule is O=C(O)C(O)(c1ccc([N+](=O)[O-])cc1)c1ccc([N+](=O)[O-])cc1. The van der Waals surface area contributed by atoms with Crippen LogP contribution < -0.4 is 0 Å². The monoisotopic (exact) mass is 318 g/mol. The molecule has 0 unspecified atom stereocenters. The Hall–Kier alpha value is -3.33. The van der Waals surface area contributed by atoms with Crippen molar-refractivity contribution < 1.29 is 24.9 Å². The number of nitro groups is 2. The second-order valence-corrected chi connectivity index (χ2v) is 4.62. The Kier molecular flexibility index (Phi) is 4.06.